The van der Waals surface area contributed by atoms with Gasteiger partial charge in [-0.05, 0) is 30.7 Å². The van der Waals surface area contributed by atoms with Gasteiger partial charge in [0.15, 0.2) is 0 Å². The van der Waals surface area contributed by atoms with Crippen molar-refractivity contribution in [3.05, 3.63) is 29.3 Å². The molecule has 1 nitrogen and oxygen atoms in total. The van der Waals surface area contributed by atoms with Gasteiger partial charge in [0.25, 0.3) is 0 Å². The number of hydrogen-bond acceptors (Lipinski definition) is 1. The van der Waals surface area contributed by atoms with E-state index in [0.717, 1.165) is 18.6 Å². The summed E-state index contributed by atoms with van der Waals surface area (Å²) >= 11 is 5.75. The van der Waals surface area contributed by atoms with Crippen LogP contribution in [0.4, 0.5) is 0 Å². The van der Waals surface area contributed by atoms with Crippen molar-refractivity contribution < 1.29 is 4.74 Å². The maximum absolute atomic E-state index is 5.75. The van der Waals surface area contributed by atoms with Crippen LogP contribution in [-0.4, -0.2) is 0 Å². The van der Waals surface area contributed by atoms with Crippen LogP contribution in [0.15, 0.2) is 24.3 Å². The Balaban J connectivity index is 2.19. The first-order valence-electron chi connectivity index (χ1n) is 5.73. The molecule has 0 aliphatic heterocycles. The Bertz CT molecular complexity index is 345. The average Bonchev–Trinajstić information content (AvgIpc) is 2.30. The fraction of sp³-hybridized carbons (Fsp3) is 0.429. The van der Waals surface area contributed by atoms with Crippen molar-refractivity contribution >= 4 is 11.6 Å². The third-order valence-electron chi connectivity index (χ3n) is 2.21. The van der Waals surface area contributed by atoms with Gasteiger partial charge < -0.3 is 4.74 Å². The highest BCUT2D eigenvalue weighted by molar-refractivity contribution is 6.30. The van der Waals surface area contributed by atoms with Crippen LogP contribution >= 0.6 is 11.6 Å². The van der Waals surface area contributed by atoms with Gasteiger partial charge in [0.1, 0.15) is 11.9 Å². The van der Waals surface area contributed by atoms with Crippen molar-refractivity contribution in [1.82, 2.24) is 0 Å². The Morgan fingerprint density at radius 3 is 2.56 bits per heavy atom. The third kappa shape index (κ3) is 5.68. The molecule has 0 radical (unpaired) electrons. The summed E-state index contributed by atoms with van der Waals surface area (Å²) in [5.41, 5.74) is 0. The van der Waals surface area contributed by atoms with E-state index in [-0.39, 0.29) is 0 Å². The van der Waals surface area contributed by atoms with E-state index in [4.69, 9.17) is 16.3 Å². The summed E-state index contributed by atoms with van der Waals surface area (Å²) in [6, 6.07) is 7.21. The molecule has 1 aromatic carbocycles. The second-order valence-electron chi connectivity index (χ2n) is 3.65. The number of rotatable bonds is 5. The Hall–Kier alpha value is -1.13. The zero-order valence-corrected chi connectivity index (χ0v) is 10.4. The lowest BCUT2D eigenvalue weighted by atomic mass is 10.2. The molecular formula is C14H17ClO. The zero-order valence-electron chi connectivity index (χ0n) is 9.63. The molecule has 0 aliphatic rings. The summed E-state index contributed by atoms with van der Waals surface area (Å²) in [6.45, 7) is 2.20. The van der Waals surface area contributed by atoms with Crippen molar-refractivity contribution in [3.63, 3.8) is 0 Å². The van der Waals surface area contributed by atoms with Crippen molar-refractivity contribution in [2.75, 3.05) is 0 Å². The van der Waals surface area contributed by atoms with Crippen molar-refractivity contribution in [2.24, 2.45) is 0 Å². The molecule has 0 saturated heterocycles. The SMILES string of the molecule is CCCCCCC#COc1ccc(Cl)cc1. The highest BCUT2D eigenvalue weighted by Gasteiger charge is 1.90. The summed E-state index contributed by atoms with van der Waals surface area (Å²) < 4.78 is 5.25. The summed E-state index contributed by atoms with van der Waals surface area (Å²) in [5, 5.41) is 0.708. The molecule has 0 bridgehead atoms. The number of ether oxygens (including phenoxy) is 1. The van der Waals surface area contributed by atoms with E-state index in [1.807, 2.05) is 12.1 Å². The van der Waals surface area contributed by atoms with Crippen LogP contribution < -0.4 is 4.74 Å². The molecule has 0 saturated carbocycles. The number of hydrogen-bond donors (Lipinski definition) is 0. The summed E-state index contributed by atoms with van der Waals surface area (Å²) in [5.74, 6) is 3.74. The van der Waals surface area contributed by atoms with E-state index < -0.39 is 0 Å². The minimum atomic E-state index is 0.708. The van der Waals surface area contributed by atoms with Crippen molar-refractivity contribution in [2.45, 2.75) is 39.0 Å². The molecule has 0 amide bonds. The molecule has 1 rings (SSSR count). The Kier molecular flexibility index (Phi) is 6.53. The lowest BCUT2D eigenvalue weighted by Gasteiger charge is -1.96. The van der Waals surface area contributed by atoms with E-state index in [2.05, 4.69) is 19.0 Å². The molecule has 0 N–H and O–H groups in total. The van der Waals surface area contributed by atoms with Crippen molar-refractivity contribution in [1.29, 1.82) is 0 Å². The van der Waals surface area contributed by atoms with Crippen LogP contribution in [0.25, 0.3) is 0 Å². The van der Waals surface area contributed by atoms with Gasteiger partial charge >= 0.3 is 0 Å². The van der Waals surface area contributed by atoms with Crippen LogP contribution in [0, 0.1) is 12.0 Å². The van der Waals surface area contributed by atoms with Crippen LogP contribution in [0.2, 0.25) is 5.02 Å². The Labute approximate surface area is 103 Å². The molecule has 0 fully saturated rings. The van der Waals surface area contributed by atoms with Gasteiger partial charge in [-0.1, -0.05) is 43.7 Å². The normalized spacial score (nSPS) is 9.38. The van der Waals surface area contributed by atoms with Gasteiger partial charge in [0, 0.05) is 11.4 Å². The molecule has 16 heavy (non-hydrogen) atoms. The Morgan fingerprint density at radius 2 is 1.88 bits per heavy atom. The minimum Gasteiger partial charge on any atom is -0.408 e. The van der Waals surface area contributed by atoms with Gasteiger partial charge in [-0.15, -0.1) is 0 Å². The van der Waals surface area contributed by atoms with E-state index in [9.17, 15) is 0 Å². The van der Waals surface area contributed by atoms with E-state index in [1.54, 1.807) is 12.1 Å². The lowest BCUT2D eigenvalue weighted by molar-refractivity contribution is 0.518. The van der Waals surface area contributed by atoms with Gasteiger partial charge in [-0.3, -0.25) is 0 Å². The second kappa shape index (κ2) is 8.07. The van der Waals surface area contributed by atoms with Gasteiger partial charge in [-0.25, -0.2) is 0 Å². The quantitative estimate of drug-likeness (QED) is 0.534. The topological polar surface area (TPSA) is 9.23 Å². The molecule has 0 aromatic heterocycles. The highest BCUT2D eigenvalue weighted by atomic mass is 35.5. The molecule has 0 aliphatic carbocycles. The number of unbranched alkanes of at least 4 members (excludes halogenated alkanes) is 4. The molecule has 0 spiro atoms. The van der Waals surface area contributed by atoms with Crippen LogP contribution in [-0.2, 0) is 0 Å². The zero-order chi connectivity index (χ0) is 11.6. The second-order valence-corrected chi connectivity index (χ2v) is 4.08. The fourth-order valence-corrected chi connectivity index (χ4v) is 1.41. The standard InChI is InChI=1S/C14H17ClO/c1-2-3-4-5-6-7-12-16-14-10-8-13(15)9-11-14/h8-11H,2-6H2,1H3. The maximum Gasteiger partial charge on any atom is 0.140 e. The monoisotopic (exact) mass is 236 g/mol. The first-order chi connectivity index (χ1) is 7.83. The Morgan fingerprint density at radius 1 is 1.12 bits per heavy atom. The molecule has 86 valence electrons. The summed E-state index contributed by atoms with van der Waals surface area (Å²) in [6.07, 6.45) is 8.58. The summed E-state index contributed by atoms with van der Waals surface area (Å²) in [7, 11) is 0. The maximum atomic E-state index is 5.75. The number of benzene rings is 1. The fourth-order valence-electron chi connectivity index (χ4n) is 1.29. The molecule has 1 aromatic rings. The third-order valence-corrected chi connectivity index (χ3v) is 2.46. The van der Waals surface area contributed by atoms with Crippen LogP contribution in [0.3, 0.4) is 0 Å². The average molecular weight is 237 g/mol. The van der Waals surface area contributed by atoms with Gasteiger partial charge in [0.2, 0.25) is 0 Å². The largest absolute Gasteiger partial charge is 0.408 e. The molecule has 0 atom stereocenters. The molecule has 2 heteroatoms. The molecule has 0 unspecified atom stereocenters. The predicted octanol–water partition coefficient (Wildman–Crippen LogP) is 4.65. The van der Waals surface area contributed by atoms with E-state index in [0.29, 0.717) is 5.02 Å². The smallest absolute Gasteiger partial charge is 0.140 e. The molecule has 0 heterocycles. The predicted molar refractivity (Wildman–Crippen MR) is 68.6 cm³/mol. The van der Waals surface area contributed by atoms with Crippen molar-refractivity contribution in [3.8, 4) is 17.8 Å². The van der Waals surface area contributed by atoms with E-state index in [1.165, 1.54) is 19.3 Å². The number of halogens is 1. The highest BCUT2D eigenvalue weighted by Crippen LogP contribution is 2.14. The first-order valence-corrected chi connectivity index (χ1v) is 6.11. The van der Waals surface area contributed by atoms with Gasteiger partial charge in [-0.2, -0.15) is 0 Å². The van der Waals surface area contributed by atoms with Crippen LogP contribution in [0.1, 0.15) is 39.0 Å². The minimum absolute atomic E-state index is 0.708. The summed E-state index contributed by atoms with van der Waals surface area (Å²) in [4.78, 5) is 0. The first kappa shape index (κ1) is 12.9. The van der Waals surface area contributed by atoms with Gasteiger partial charge in [0.05, 0.1) is 0 Å². The molecular weight excluding hydrogens is 220 g/mol. The van der Waals surface area contributed by atoms with E-state index >= 15 is 0 Å². The van der Waals surface area contributed by atoms with Crippen LogP contribution in [0.5, 0.6) is 5.75 Å². The lowest BCUT2D eigenvalue weighted by Crippen LogP contribution is -1.82.